The van der Waals surface area contributed by atoms with Crippen molar-refractivity contribution in [3.8, 4) is 5.75 Å². The van der Waals surface area contributed by atoms with Gasteiger partial charge in [-0.25, -0.2) is 8.42 Å². The van der Waals surface area contributed by atoms with Gasteiger partial charge in [0.05, 0.1) is 34.3 Å². The van der Waals surface area contributed by atoms with E-state index in [4.69, 9.17) is 39.0 Å². The standard InChI is InChI=1S/C19H20ClNO4S2/c1-24-11-19(18(21)26)16(12-3-7-14(25-2)8-4-12)17(19)27(22,23)15-9-5-13(20)6-10-15/h3-10,16-17H,11H2,1-2H3,(H2,21,26)/t16-,17-,19-/m0/s1. The molecule has 5 nitrogen and oxygen atoms in total. The summed E-state index contributed by atoms with van der Waals surface area (Å²) in [5.74, 6) is 0.283. The third-order valence-corrected chi connectivity index (χ3v) is 7.97. The van der Waals surface area contributed by atoms with Gasteiger partial charge in [-0.05, 0) is 42.0 Å². The second-order valence-corrected chi connectivity index (χ2v) is 9.45. The molecule has 0 saturated heterocycles. The molecule has 1 saturated carbocycles. The van der Waals surface area contributed by atoms with Crippen LogP contribution in [-0.2, 0) is 14.6 Å². The van der Waals surface area contributed by atoms with Gasteiger partial charge in [0.2, 0.25) is 0 Å². The van der Waals surface area contributed by atoms with Crippen LogP contribution in [-0.4, -0.2) is 39.5 Å². The van der Waals surface area contributed by atoms with E-state index in [-0.39, 0.29) is 16.5 Å². The first kappa shape index (κ1) is 20.1. The predicted molar refractivity (Wildman–Crippen MR) is 109 cm³/mol. The van der Waals surface area contributed by atoms with E-state index in [0.29, 0.717) is 10.8 Å². The van der Waals surface area contributed by atoms with Crippen molar-refractivity contribution < 1.29 is 17.9 Å². The highest BCUT2D eigenvalue weighted by molar-refractivity contribution is 7.92. The van der Waals surface area contributed by atoms with Crippen molar-refractivity contribution in [1.29, 1.82) is 0 Å². The molecule has 1 fully saturated rings. The van der Waals surface area contributed by atoms with Gasteiger partial charge in [-0.3, -0.25) is 0 Å². The van der Waals surface area contributed by atoms with E-state index in [1.807, 2.05) is 12.1 Å². The Balaban J connectivity index is 2.09. The number of thiocarbonyl (C=S) groups is 1. The Morgan fingerprint density at radius 3 is 2.22 bits per heavy atom. The van der Waals surface area contributed by atoms with Crippen LogP contribution in [0.15, 0.2) is 53.4 Å². The van der Waals surface area contributed by atoms with Crippen molar-refractivity contribution in [1.82, 2.24) is 0 Å². The maximum atomic E-state index is 13.4. The summed E-state index contributed by atoms with van der Waals surface area (Å²) in [4.78, 5) is 0.317. The predicted octanol–water partition coefficient (Wildman–Crippen LogP) is 3.21. The number of rotatable bonds is 7. The lowest BCUT2D eigenvalue weighted by Crippen LogP contribution is -2.33. The Bertz CT molecular complexity index is 945. The molecule has 0 radical (unpaired) electrons. The lowest BCUT2D eigenvalue weighted by Gasteiger charge is -2.16. The molecule has 2 N–H and O–H groups in total. The maximum absolute atomic E-state index is 13.4. The summed E-state index contributed by atoms with van der Waals surface area (Å²) in [6, 6.07) is 13.4. The molecule has 0 bridgehead atoms. The van der Waals surface area contributed by atoms with E-state index in [1.54, 1.807) is 31.4 Å². The number of methoxy groups -OCH3 is 2. The van der Waals surface area contributed by atoms with Gasteiger partial charge in [-0.15, -0.1) is 0 Å². The summed E-state index contributed by atoms with van der Waals surface area (Å²) in [5.41, 5.74) is 5.89. The number of ether oxygens (including phenoxy) is 2. The molecule has 144 valence electrons. The minimum Gasteiger partial charge on any atom is -0.497 e. The van der Waals surface area contributed by atoms with E-state index >= 15 is 0 Å². The normalized spacial score (nSPS) is 24.4. The summed E-state index contributed by atoms with van der Waals surface area (Å²) in [6.45, 7) is 0.122. The first-order valence-corrected chi connectivity index (χ1v) is 10.5. The number of benzene rings is 2. The smallest absolute Gasteiger partial charge is 0.182 e. The molecule has 2 aromatic carbocycles. The van der Waals surface area contributed by atoms with Crippen LogP contribution in [0.1, 0.15) is 11.5 Å². The largest absolute Gasteiger partial charge is 0.497 e. The molecule has 0 aliphatic heterocycles. The zero-order valence-electron chi connectivity index (χ0n) is 14.9. The Kier molecular flexibility index (Phi) is 5.49. The Morgan fingerprint density at radius 1 is 1.15 bits per heavy atom. The minimum atomic E-state index is -3.71. The van der Waals surface area contributed by atoms with Crippen LogP contribution >= 0.6 is 23.8 Å². The number of hydrogen-bond donors (Lipinski definition) is 1. The quantitative estimate of drug-likeness (QED) is 0.686. The van der Waals surface area contributed by atoms with Crippen molar-refractivity contribution in [3.05, 3.63) is 59.1 Å². The van der Waals surface area contributed by atoms with Gasteiger partial charge < -0.3 is 15.2 Å². The molecule has 0 unspecified atom stereocenters. The molecule has 8 heteroatoms. The van der Waals surface area contributed by atoms with E-state index in [0.717, 1.165) is 5.56 Å². The van der Waals surface area contributed by atoms with Crippen LogP contribution in [0.5, 0.6) is 5.75 Å². The molecular weight excluding hydrogens is 406 g/mol. The van der Waals surface area contributed by atoms with Crippen LogP contribution in [0.4, 0.5) is 0 Å². The zero-order chi connectivity index (χ0) is 19.8. The molecule has 3 atom stereocenters. The third-order valence-electron chi connectivity index (χ3n) is 5.05. The second-order valence-electron chi connectivity index (χ2n) is 6.51. The molecular formula is C19H20ClNO4S2. The summed E-state index contributed by atoms with van der Waals surface area (Å²) in [5, 5.41) is -0.342. The fourth-order valence-corrected chi connectivity index (χ4v) is 6.59. The highest BCUT2D eigenvalue weighted by atomic mass is 35.5. The van der Waals surface area contributed by atoms with Crippen molar-refractivity contribution in [2.45, 2.75) is 16.1 Å². The van der Waals surface area contributed by atoms with Crippen molar-refractivity contribution >= 4 is 38.6 Å². The third kappa shape index (κ3) is 3.33. The molecule has 0 aromatic heterocycles. The molecule has 27 heavy (non-hydrogen) atoms. The molecule has 3 rings (SSSR count). The Hall–Kier alpha value is -1.67. The zero-order valence-corrected chi connectivity index (χ0v) is 17.3. The number of nitrogens with two attached hydrogens (primary N) is 1. The number of halogens is 1. The van der Waals surface area contributed by atoms with Crippen LogP contribution in [0, 0.1) is 5.41 Å². The molecule has 0 heterocycles. The van der Waals surface area contributed by atoms with Gasteiger partial charge in [0.1, 0.15) is 5.75 Å². The Labute approximate surface area is 169 Å². The monoisotopic (exact) mass is 425 g/mol. The fourth-order valence-electron chi connectivity index (χ4n) is 3.69. The Morgan fingerprint density at radius 2 is 1.74 bits per heavy atom. The topological polar surface area (TPSA) is 78.6 Å². The van der Waals surface area contributed by atoms with Crippen LogP contribution < -0.4 is 10.5 Å². The summed E-state index contributed by atoms with van der Waals surface area (Å²) in [6.07, 6.45) is 0. The highest BCUT2D eigenvalue weighted by Crippen LogP contribution is 2.64. The summed E-state index contributed by atoms with van der Waals surface area (Å²) < 4.78 is 37.3. The van der Waals surface area contributed by atoms with Crippen molar-refractivity contribution in [3.63, 3.8) is 0 Å². The highest BCUT2D eigenvalue weighted by Gasteiger charge is 2.73. The average molecular weight is 426 g/mol. The number of hydrogen-bond acceptors (Lipinski definition) is 5. The fraction of sp³-hybridized carbons (Fsp3) is 0.316. The van der Waals surface area contributed by atoms with E-state index in [1.165, 1.54) is 19.2 Å². The van der Waals surface area contributed by atoms with E-state index in [9.17, 15) is 8.42 Å². The van der Waals surface area contributed by atoms with Crippen LogP contribution in [0.25, 0.3) is 0 Å². The molecule has 1 aliphatic carbocycles. The summed E-state index contributed by atoms with van der Waals surface area (Å²) >= 11 is 11.2. The van der Waals surface area contributed by atoms with Gasteiger partial charge in [-0.2, -0.15) is 0 Å². The first-order valence-electron chi connectivity index (χ1n) is 8.21. The van der Waals surface area contributed by atoms with E-state index < -0.39 is 26.4 Å². The van der Waals surface area contributed by atoms with E-state index in [2.05, 4.69) is 0 Å². The average Bonchev–Trinajstić information content (AvgIpc) is 3.33. The first-order chi connectivity index (χ1) is 12.8. The molecule has 0 amide bonds. The van der Waals surface area contributed by atoms with Gasteiger partial charge in [0.25, 0.3) is 0 Å². The maximum Gasteiger partial charge on any atom is 0.182 e. The van der Waals surface area contributed by atoms with Gasteiger partial charge in [0.15, 0.2) is 9.84 Å². The van der Waals surface area contributed by atoms with Gasteiger partial charge in [-0.1, -0.05) is 36.0 Å². The van der Waals surface area contributed by atoms with Crippen LogP contribution in [0.2, 0.25) is 5.02 Å². The SMILES string of the molecule is COC[C@]1(C(N)=S)[C@@H](c2ccc(OC)cc2)[C@@H]1S(=O)(=O)c1ccc(Cl)cc1. The minimum absolute atomic E-state index is 0.122. The molecule has 1 aliphatic rings. The van der Waals surface area contributed by atoms with Crippen molar-refractivity contribution in [2.75, 3.05) is 20.8 Å². The summed E-state index contributed by atoms with van der Waals surface area (Å²) in [7, 11) is -0.625. The van der Waals surface area contributed by atoms with Crippen molar-refractivity contribution in [2.24, 2.45) is 11.1 Å². The number of sulfone groups is 1. The lowest BCUT2D eigenvalue weighted by atomic mass is 10.00. The lowest BCUT2D eigenvalue weighted by molar-refractivity contribution is 0.166. The second kappa shape index (κ2) is 7.39. The van der Waals surface area contributed by atoms with Crippen LogP contribution in [0.3, 0.4) is 0 Å². The van der Waals surface area contributed by atoms with Gasteiger partial charge >= 0.3 is 0 Å². The molecule has 2 aromatic rings. The van der Waals surface area contributed by atoms with Gasteiger partial charge in [0, 0.05) is 18.1 Å². The molecule has 0 spiro atoms.